The highest BCUT2D eigenvalue weighted by Gasteiger charge is 2.13. The number of benzene rings is 2. The number of halogens is 1. The average molecular weight is 400 g/mol. The van der Waals surface area contributed by atoms with Crippen molar-refractivity contribution in [1.82, 2.24) is 14.8 Å². The van der Waals surface area contributed by atoms with E-state index in [-0.39, 0.29) is 24.1 Å². The average Bonchev–Trinajstić information content (AvgIpc) is 3.01. The van der Waals surface area contributed by atoms with Gasteiger partial charge in [0.15, 0.2) is 11.0 Å². The third kappa shape index (κ3) is 5.10. The van der Waals surface area contributed by atoms with Crippen molar-refractivity contribution in [2.75, 3.05) is 11.1 Å². The molecule has 0 unspecified atom stereocenters. The molecule has 6 nitrogen and oxygen atoms in total. The molecule has 0 saturated carbocycles. The van der Waals surface area contributed by atoms with Crippen molar-refractivity contribution in [2.24, 2.45) is 7.05 Å². The summed E-state index contributed by atoms with van der Waals surface area (Å²) < 4.78 is 20.9. The first-order chi connectivity index (χ1) is 13.4. The van der Waals surface area contributed by atoms with Gasteiger partial charge < -0.3 is 14.6 Å². The SMILES string of the molecule is Cc1cccc(OCc2nnc(SCC(=O)Nc3cc(F)ccc3C)n2C)c1. The molecule has 0 aliphatic carbocycles. The summed E-state index contributed by atoms with van der Waals surface area (Å²) in [6.45, 7) is 4.09. The van der Waals surface area contributed by atoms with Crippen LogP contribution in [0.4, 0.5) is 10.1 Å². The second-order valence-corrected chi connectivity index (χ2v) is 7.30. The zero-order valence-corrected chi connectivity index (χ0v) is 16.7. The van der Waals surface area contributed by atoms with Crippen LogP contribution in [0.1, 0.15) is 17.0 Å². The van der Waals surface area contributed by atoms with Crippen molar-refractivity contribution in [3.05, 3.63) is 65.2 Å². The minimum atomic E-state index is -0.389. The van der Waals surface area contributed by atoms with E-state index >= 15 is 0 Å². The smallest absolute Gasteiger partial charge is 0.234 e. The lowest BCUT2D eigenvalue weighted by Crippen LogP contribution is -2.15. The number of hydrogen-bond donors (Lipinski definition) is 1. The summed E-state index contributed by atoms with van der Waals surface area (Å²) in [5, 5.41) is 11.6. The van der Waals surface area contributed by atoms with Crippen molar-refractivity contribution in [2.45, 2.75) is 25.6 Å². The third-order valence-electron chi connectivity index (χ3n) is 4.09. The van der Waals surface area contributed by atoms with Crippen LogP contribution in [0.3, 0.4) is 0 Å². The zero-order chi connectivity index (χ0) is 20.1. The molecule has 1 N–H and O–H groups in total. The molecule has 0 saturated heterocycles. The molecule has 8 heteroatoms. The number of anilines is 1. The lowest BCUT2D eigenvalue weighted by Gasteiger charge is -2.09. The molecule has 28 heavy (non-hydrogen) atoms. The van der Waals surface area contributed by atoms with Gasteiger partial charge in [-0.3, -0.25) is 4.79 Å². The maximum Gasteiger partial charge on any atom is 0.234 e. The molecular weight excluding hydrogens is 379 g/mol. The Balaban J connectivity index is 1.55. The molecule has 3 aromatic rings. The van der Waals surface area contributed by atoms with Gasteiger partial charge in [0.2, 0.25) is 5.91 Å². The van der Waals surface area contributed by atoms with Gasteiger partial charge in [0.1, 0.15) is 18.2 Å². The molecule has 1 aromatic heterocycles. The van der Waals surface area contributed by atoms with Crippen molar-refractivity contribution in [3.63, 3.8) is 0 Å². The number of aryl methyl sites for hydroxylation is 2. The van der Waals surface area contributed by atoms with Crippen LogP contribution in [-0.2, 0) is 18.4 Å². The first-order valence-corrected chi connectivity index (χ1v) is 9.67. The number of nitrogens with zero attached hydrogens (tertiary/aromatic N) is 3. The molecule has 1 heterocycles. The molecule has 3 rings (SSSR count). The fraction of sp³-hybridized carbons (Fsp3) is 0.250. The van der Waals surface area contributed by atoms with Crippen molar-refractivity contribution < 1.29 is 13.9 Å². The topological polar surface area (TPSA) is 69.0 Å². The number of hydrogen-bond acceptors (Lipinski definition) is 5. The first-order valence-electron chi connectivity index (χ1n) is 8.69. The van der Waals surface area contributed by atoms with Crippen LogP contribution in [0, 0.1) is 19.7 Å². The van der Waals surface area contributed by atoms with Crippen LogP contribution in [0.5, 0.6) is 5.75 Å². The predicted octanol–water partition coefficient (Wildman–Crippen LogP) is 3.88. The Labute approximate surface area is 167 Å². The van der Waals surface area contributed by atoms with Gasteiger partial charge in [-0.25, -0.2) is 4.39 Å². The Hall–Kier alpha value is -2.87. The summed E-state index contributed by atoms with van der Waals surface area (Å²) in [5.74, 6) is 0.938. The molecule has 2 aromatic carbocycles. The normalized spacial score (nSPS) is 10.7. The fourth-order valence-corrected chi connectivity index (χ4v) is 3.22. The van der Waals surface area contributed by atoms with Crippen LogP contribution in [-0.4, -0.2) is 26.4 Å². The van der Waals surface area contributed by atoms with Crippen molar-refractivity contribution >= 4 is 23.4 Å². The maximum atomic E-state index is 13.3. The number of carbonyl (C=O) groups excluding carboxylic acids is 1. The van der Waals surface area contributed by atoms with Gasteiger partial charge in [-0.15, -0.1) is 10.2 Å². The molecule has 0 fully saturated rings. The van der Waals surface area contributed by atoms with E-state index in [2.05, 4.69) is 15.5 Å². The quantitative estimate of drug-likeness (QED) is 0.610. The van der Waals surface area contributed by atoms with Gasteiger partial charge in [-0.2, -0.15) is 0 Å². The van der Waals surface area contributed by atoms with E-state index in [1.165, 1.54) is 23.9 Å². The number of nitrogens with one attached hydrogen (secondary N) is 1. The van der Waals surface area contributed by atoms with Crippen molar-refractivity contribution in [1.29, 1.82) is 0 Å². The summed E-state index contributed by atoms with van der Waals surface area (Å²) in [7, 11) is 1.83. The van der Waals surface area contributed by atoms with E-state index in [0.717, 1.165) is 16.9 Å². The Bertz CT molecular complexity index is 990. The standard InChI is InChI=1S/C20H21FN4O2S/c1-13-5-4-6-16(9-13)27-11-18-23-24-20(25(18)3)28-12-19(26)22-17-10-15(21)8-7-14(17)2/h4-10H,11-12H2,1-3H3,(H,22,26). The van der Waals surface area contributed by atoms with Crippen molar-refractivity contribution in [3.8, 4) is 5.75 Å². The highest BCUT2D eigenvalue weighted by atomic mass is 32.2. The second-order valence-electron chi connectivity index (χ2n) is 6.36. The fourth-order valence-electron chi connectivity index (χ4n) is 2.49. The molecule has 0 radical (unpaired) electrons. The number of amides is 1. The Kier molecular flexibility index (Phi) is 6.30. The predicted molar refractivity (Wildman–Crippen MR) is 107 cm³/mol. The molecule has 0 atom stereocenters. The summed E-state index contributed by atoms with van der Waals surface area (Å²) in [4.78, 5) is 12.2. The Morgan fingerprint density at radius 3 is 2.82 bits per heavy atom. The largest absolute Gasteiger partial charge is 0.486 e. The summed E-state index contributed by atoms with van der Waals surface area (Å²) in [5.41, 5.74) is 2.39. The van der Waals surface area contributed by atoms with Crippen LogP contribution in [0.15, 0.2) is 47.6 Å². The highest BCUT2D eigenvalue weighted by molar-refractivity contribution is 7.99. The molecule has 0 aliphatic heterocycles. The van der Waals surface area contributed by atoms with Gasteiger partial charge >= 0.3 is 0 Å². The third-order valence-corrected chi connectivity index (χ3v) is 5.11. The number of ether oxygens (including phenoxy) is 1. The van der Waals surface area contributed by atoms with Gasteiger partial charge in [0.25, 0.3) is 0 Å². The minimum absolute atomic E-state index is 0.140. The van der Waals surface area contributed by atoms with E-state index in [1.54, 1.807) is 10.6 Å². The van der Waals surface area contributed by atoms with Gasteiger partial charge in [-0.05, 0) is 49.2 Å². The molecule has 0 bridgehead atoms. The Morgan fingerprint density at radius 2 is 2.04 bits per heavy atom. The lowest BCUT2D eigenvalue weighted by atomic mass is 10.2. The second kappa shape index (κ2) is 8.88. The van der Waals surface area contributed by atoms with Crippen LogP contribution < -0.4 is 10.1 Å². The van der Waals surface area contributed by atoms with E-state index in [9.17, 15) is 9.18 Å². The molecule has 146 valence electrons. The highest BCUT2D eigenvalue weighted by Crippen LogP contribution is 2.20. The lowest BCUT2D eigenvalue weighted by molar-refractivity contribution is -0.113. The van der Waals surface area contributed by atoms with Crippen LogP contribution >= 0.6 is 11.8 Å². The Morgan fingerprint density at radius 1 is 1.21 bits per heavy atom. The summed E-state index contributed by atoms with van der Waals surface area (Å²) in [6.07, 6.45) is 0. The van der Waals surface area contributed by atoms with E-state index in [4.69, 9.17) is 4.74 Å². The molecular formula is C20H21FN4O2S. The van der Waals surface area contributed by atoms with Gasteiger partial charge in [0.05, 0.1) is 5.75 Å². The number of carbonyl (C=O) groups is 1. The molecule has 1 amide bonds. The monoisotopic (exact) mass is 400 g/mol. The zero-order valence-electron chi connectivity index (χ0n) is 15.9. The minimum Gasteiger partial charge on any atom is -0.486 e. The number of rotatable bonds is 7. The van der Waals surface area contributed by atoms with Gasteiger partial charge in [0, 0.05) is 12.7 Å². The summed E-state index contributed by atoms with van der Waals surface area (Å²) >= 11 is 1.26. The van der Waals surface area contributed by atoms with Crippen LogP contribution in [0.2, 0.25) is 0 Å². The first kappa shape index (κ1) is 19.9. The maximum absolute atomic E-state index is 13.3. The number of aromatic nitrogens is 3. The number of thioether (sulfide) groups is 1. The van der Waals surface area contributed by atoms with E-state index < -0.39 is 0 Å². The molecule has 0 aliphatic rings. The van der Waals surface area contributed by atoms with Gasteiger partial charge in [-0.1, -0.05) is 30.0 Å². The van der Waals surface area contributed by atoms with Crippen LogP contribution in [0.25, 0.3) is 0 Å². The summed E-state index contributed by atoms with van der Waals surface area (Å²) in [6, 6.07) is 12.1. The van der Waals surface area contributed by atoms with E-state index in [0.29, 0.717) is 16.7 Å². The molecule has 0 spiro atoms. The van der Waals surface area contributed by atoms with E-state index in [1.807, 2.05) is 45.2 Å².